The van der Waals surface area contributed by atoms with Crippen molar-refractivity contribution in [1.82, 2.24) is 9.55 Å². The number of aryl methyl sites for hydroxylation is 1. The van der Waals surface area contributed by atoms with Crippen molar-refractivity contribution in [3.05, 3.63) is 106 Å². The lowest BCUT2D eigenvalue weighted by atomic mass is 10.1. The molecule has 3 aromatic carbocycles. The van der Waals surface area contributed by atoms with Gasteiger partial charge >= 0.3 is 0 Å². The van der Waals surface area contributed by atoms with Crippen LogP contribution in [0.5, 0.6) is 5.75 Å². The van der Waals surface area contributed by atoms with Crippen molar-refractivity contribution in [2.75, 3.05) is 10.9 Å². The summed E-state index contributed by atoms with van der Waals surface area (Å²) in [7, 11) is -4.06. The van der Waals surface area contributed by atoms with Crippen LogP contribution >= 0.6 is 34.8 Å². The molecular formula is C26H24Cl3N3O3S. The molecular weight excluding hydrogens is 541 g/mol. The maximum absolute atomic E-state index is 14.0. The van der Waals surface area contributed by atoms with Gasteiger partial charge in [-0.25, -0.2) is 13.4 Å². The highest BCUT2D eigenvalue weighted by atomic mass is 35.5. The van der Waals surface area contributed by atoms with E-state index in [0.29, 0.717) is 28.0 Å². The van der Waals surface area contributed by atoms with Crippen LogP contribution in [0.4, 0.5) is 5.69 Å². The fourth-order valence-corrected chi connectivity index (χ4v) is 6.05. The molecule has 1 heterocycles. The van der Waals surface area contributed by atoms with Gasteiger partial charge in [-0.15, -0.1) is 0 Å². The summed E-state index contributed by atoms with van der Waals surface area (Å²) >= 11 is 18.8. The van der Waals surface area contributed by atoms with Crippen molar-refractivity contribution < 1.29 is 13.2 Å². The number of rotatable bonds is 10. The van der Waals surface area contributed by atoms with E-state index in [9.17, 15) is 8.42 Å². The standard InChI is InChI=1S/C26H24Cl3N3O3S/c1-19(23-5-2-3-6-26(23)35-16-4-14-31-15-13-30-18-31)32(25-17-21(28)9-12-24(25)29)36(33,34)22-10-7-20(27)8-11-22/h2-3,5-13,15,17-19H,4,14,16H2,1H3/t19-/m1/s1. The fourth-order valence-electron chi connectivity index (χ4n) is 3.85. The van der Waals surface area contributed by atoms with Crippen LogP contribution < -0.4 is 9.04 Å². The quantitative estimate of drug-likeness (QED) is 0.190. The molecule has 1 atom stereocenters. The van der Waals surface area contributed by atoms with E-state index < -0.39 is 16.1 Å². The molecule has 0 aliphatic carbocycles. The maximum atomic E-state index is 14.0. The minimum atomic E-state index is -4.06. The predicted octanol–water partition coefficient (Wildman–Crippen LogP) is 7.27. The van der Waals surface area contributed by atoms with Gasteiger partial charge in [-0.05, 0) is 61.9 Å². The van der Waals surface area contributed by atoms with Gasteiger partial charge < -0.3 is 9.30 Å². The van der Waals surface area contributed by atoms with Gasteiger partial charge in [0.2, 0.25) is 0 Å². The van der Waals surface area contributed by atoms with Gasteiger partial charge in [-0.3, -0.25) is 4.31 Å². The third kappa shape index (κ3) is 5.98. The maximum Gasteiger partial charge on any atom is 0.264 e. The lowest BCUT2D eigenvalue weighted by Crippen LogP contribution is -2.34. The Balaban J connectivity index is 1.70. The number of anilines is 1. The molecule has 0 saturated heterocycles. The number of ether oxygens (including phenoxy) is 1. The average molecular weight is 565 g/mol. The highest BCUT2D eigenvalue weighted by Crippen LogP contribution is 2.41. The van der Waals surface area contributed by atoms with E-state index in [1.54, 1.807) is 37.6 Å². The van der Waals surface area contributed by atoms with Gasteiger partial charge in [0.05, 0.1) is 34.6 Å². The van der Waals surface area contributed by atoms with E-state index in [0.717, 1.165) is 13.0 Å². The zero-order valence-corrected chi connectivity index (χ0v) is 22.5. The Kier molecular flexibility index (Phi) is 8.46. The Morgan fingerprint density at radius 2 is 1.72 bits per heavy atom. The second-order valence-corrected chi connectivity index (χ2v) is 11.2. The Labute approximate surface area is 226 Å². The summed E-state index contributed by atoms with van der Waals surface area (Å²) in [5, 5.41) is 1.05. The third-order valence-corrected chi connectivity index (χ3v) is 8.32. The van der Waals surface area contributed by atoms with E-state index in [1.807, 2.05) is 35.0 Å². The van der Waals surface area contributed by atoms with Gasteiger partial charge in [-0.1, -0.05) is 53.0 Å². The molecule has 0 radical (unpaired) electrons. The van der Waals surface area contributed by atoms with Crippen LogP contribution in [0, 0.1) is 0 Å². The first-order valence-corrected chi connectivity index (χ1v) is 13.8. The smallest absolute Gasteiger partial charge is 0.264 e. The van der Waals surface area contributed by atoms with Gasteiger partial charge in [-0.2, -0.15) is 0 Å². The summed E-state index contributed by atoms with van der Waals surface area (Å²) in [6.07, 6.45) is 6.13. The molecule has 0 spiro atoms. The zero-order valence-electron chi connectivity index (χ0n) is 19.4. The molecule has 0 bridgehead atoms. The second kappa shape index (κ2) is 11.6. The molecule has 0 aliphatic heterocycles. The summed E-state index contributed by atoms with van der Waals surface area (Å²) in [4.78, 5) is 4.12. The van der Waals surface area contributed by atoms with Crippen molar-refractivity contribution >= 4 is 50.5 Å². The lowest BCUT2D eigenvalue weighted by molar-refractivity contribution is 0.297. The molecule has 0 N–H and O–H groups in total. The number of para-hydroxylation sites is 1. The number of nitrogens with zero attached hydrogens (tertiary/aromatic N) is 3. The summed E-state index contributed by atoms with van der Waals surface area (Å²) in [6, 6.07) is 17.4. The minimum absolute atomic E-state index is 0.0773. The number of benzene rings is 3. The van der Waals surface area contributed by atoms with Gasteiger partial charge in [0.15, 0.2) is 0 Å². The van der Waals surface area contributed by atoms with Crippen LogP contribution in [0.2, 0.25) is 15.1 Å². The van der Waals surface area contributed by atoms with E-state index in [4.69, 9.17) is 39.5 Å². The fraction of sp³-hybridized carbons (Fsp3) is 0.192. The molecule has 4 aromatic rings. The minimum Gasteiger partial charge on any atom is -0.493 e. The number of hydrogen-bond donors (Lipinski definition) is 0. The van der Waals surface area contributed by atoms with Crippen molar-refractivity contribution in [3.8, 4) is 5.75 Å². The number of hydrogen-bond acceptors (Lipinski definition) is 4. The summed E-state index contributed by atoms with van der Waals surface area (Å²) < 4.78 is 37.3. The van der Waals surface area contributed by atoms with Crippen molar-refractivity contribution in [2.45, 2.75) is 30.8 Å². The van der Waals surface area contributed by atoms with Crippen molar-refractivity contribution in [1.29, 1.82) is 0 Å². The molecule has 36 heavy (non-hydrogen) atoms. The van der Waals surface area contributed by atoms with E-state index >= 15 is 0 Å². The zero-order chi connectivity index (χ0) is 25.7. The van der Waals surface area contributed by atoms with Crippen molar-refractivity contribution in [2.24, 2.45) is 0 Å². The Bertz CT molecular complexity index is 1410. The first-order chi connectivity index (χ1) is 17.3. The molecule has 10 heteroatoms. The van der Waals surface area contributed by atoms with Crippen LogP contribution in [0.25, 0.3) is 0 Å². The SMILES string of the molecule is C[C@H](c1ccccc1OCCCn1ccnc1)N(c1cc(Cl)ccc1Cl)S(=O)(=O)c1ccc(Cl)cc1. The predicted molar refractivity (Wildman–Crippen MR) is 145 cm³/mol. The van der Waals surface area contributed by atoms with E-state index in [2.05, 4.69) is 4.98 Å². The van der Waals surface area contributed by atoms with Gasteiger partial charge in [0, 0.05) is 34.5 Å². The Hall–Kier alpha value is -2.71. The monoisotopic (exact) mass is 563 g/mol. The van der Waals surface area contributed by atoms with Gasteiger partial charge in [0.25, 0.3) is 10.0 Å². The third-order valence-electron chi connectivity index (χ3n) is 5.61. The summed E-state index contributed by atoms with van der Waals surface area (Å²) in [6.45, 7) is 3.00. The average Bonchev–Trinajstić information content (AvgIpc) is 3.38. The van der Waals surface area contributed by atoms with Crippen molar-refractivity contribution in [3.63, 3.8) is 0 Å². The first kappa shape index (κ1) is 26.4. The van der Waals surface area contributed by atoms with Crippen LogP contribution in [0.1, 0.15) is 24.9 Å². The number of aromatic nitrogens is 2. The van der Waals surface area contributed by atoms with Crippen LogP contribution in [-0.4, -0.2) is 24.6 Å². The molecule has 1 aromatic heterocycles. The number of halogens is 3. The highest BCUT2D eigenvalue weighted by molar-refractivity contribution is 7.92. The second-order valence-electron chi connectivity index (χ2n) is 8.07. The normalized spacial score (nSPS) is 12.3. The molecule has 0 saturated carbocycles. The van der Waals surface area contributed by atoms with Crippen LogP contribution in [-0.2, 0) is 16.6 Å². The molecule has 188 valence electrons. The lowest BCUT2D eigenvalue weighted by Gasteiger charge is -2.32. The van der Waals surface area contributed by atoms with Crippen LogP contribution in [0.15, 0.2) is 90.3 Å². The molecule has 0 fully saturated rings. The largest absolute Gasteiger partial charge is 0.493 e. The molecule has 0 amide bonds. The molecule has 0 aliphatic rings. The first-order valence-electron chi connectivity index (χ1n) is 11.2. The highest BCUT2D eigenvalue weighted by Gasteiger charge is 2.33. The molecule has 4 rings (SSSR count). The summed E-state index contributed by atoms with van der Waals surface area (Å²) in [5.74, 6) is 0.588. The Morgan fingerprint density at radius 3 is 2.44 bits per heavy atom. The van der Waals surface area contributed by atoms with E-state index in [1.165, 1.54) is 28.6 Å². The number of sulfonamides is 1. The van der Waals surface area contributed by atoms with Gasteiger partial charge in [0.1, 0.15) is 5.75 Å². The van der Waals surface area contributed by atoms with E-state index in [-0.39, 0.29) is 15.6 Å². The molecule has 6 nitrogen and oxygen atoms in total. The number of imidazole rings is 1. The summed E-state index contributed by atoms with van der Waals surface area (Å²) in [5.41, 5.74) is 0.954. The topological polar surface area (TPSA) is 64.4 Å². The Morgan fingerprint density at radius 1 is 1.00 bits per heavy atom. The molecule has 0 unspecified atom stereocenters. The van der Waals surface area contributed by atoms with Crippen LogP contribution in [0.3, 0.4) is 0 Å².